The number of piperidine rings is 2. The second kappa shape index (κ2) is 8.68. The minimum Gasteiger partial charge on any atom is -0.478 e. The molecule has 3 aliphatic heterocycles. The van der Waals surface area contributed by atoms with Gasteiger partial charge in [-0.05, 0) is 44.2 Å². The van der Waals surface area contributed by atoms with Crippen LogP contribution in [0.1, 0.15) is 19.3 Å². The van der Waals surface area contributed by atoms with Crippen molar-refractivity contribution in [1.29, 1.82) is 0 Å². The van der Waals surface area contributed by atoms with Gasteiger partial charge in [0.05, 0.1) is 0 Å². The van der Waals surface area contributed by atoms with Crippen molar-refractivity contribution in [2.24, 2.45) is 11.8 Å². The lowest BCUT2D eigenvalue weighted by Gasteiger charge is -2.42. The van der Waals surface area contributed by atoms with E-state index in [1.807, 2.05) is 4.90 Å². The molecular formula is C16H25N3O5. The fourth-order valence-electron chi connectivity index (χ4n) is 3.51. The van der Waals surface area contributed by atoms with Gasteiger partial charge in [0.2, 0.25) is 0 Å². The molecule has 2 atom stereocenters. The molecule has 3 aliphatic rings. The Kier molecular flexibility index (Phi) is 6.60. The number of urea groups is 1. The number of nitrogens with zero attached hydrogens (tertiary/aromatic N) is 2. The summed E-state index contributed by atoms with van der Waals surface area (Å²) in [5, 5.41) is 19.1. The van der Waals surface area contributed by atoms with Gasteiger partial charge >= 0.3 is 18.0 Å². The van der Waals surface area contributed by atoms with Gasteiger partial charge in [0, 0.05) is 38.3 Å². The number of carboxylic acid groups (broad SMARTS) is 2. The monoisotopic (exact) mass is 339 g/mol. The molecule has 0 aromatic carbocycles. The van der Waals surface area contributed by atoms with Crippen molar-refractivity contribution in [3.8, 4) is 0 Å². The highest BCUT2D eigenvalue weighted by molar-refractivity contribution is 5.89. The van der Waals surface area contributed by atoms with Gasteiger partial charge in [-0.15, -0.1) is 0 Å². The van der Waals surface area contributed by atoms with Crippen LogP contribution in [0.5, 0.6) is 0 Å². The lowest BCUT2D eigenvalue weighted by atomic mass is 9.86. The number of carbonyl (C=O) groups excluding carboxylic acids is 1. The first-order valence-corrected chi connectivity index (χ1v) is 8.34. The standard InChI is InChI=1S/C12H21N3O.C4H4O4/c16-12(14-3-1-2-4-14)15-8-10-5-11(9-15)7-13-6-10;5-3(6)1-2-4(7)8/h10-11,13H,1-9H2;1-2H,(H,5,6)(H,7,8)/b;2-1+/t10-,11+;. The number of hydrogen-bond donors (Lipinski definition) is 3. The van der Waals surface area contributed by atoms with E-state index >= 15 is 0 Å². The zero-order valence-electron chi connectivity index (χ0n) is 13.7. The van der Waals surface area contributed by atoms with Crippen LogP contribution >= 0.6 is 0 Å². The highest BCUT2D eigenvalue weighted by Gasteiger charge is 2.34. The van der Waals surface area contributed by atoms with E-state index in [-0.39, 0.29) is 0 Å². The van der Waals surface area contributed by atoms with Crippen LogP contribution in [0.2, 0.25) is 0 Å². The Morgan fingerprint density at radius 1 is 0.875 bits per heavy atom. The van der Waals surface area contributed by atoms with E-state index < -0.39 is 11.9 Å². The number of nitrogens with one attached hydrogen (secondary N) is 1. The maximum absolute atomic E-state index is 12.3. The normalized spacial score (nSPS) is 26.0. The van der Waals surface area contributed by atoms with Crippen LogP contribution in [0.15, 0.2) is 12.2 Å². The molecule has 0 spiro atoms. The van der Waals surface area contributed by atoms with E-state index in [1.54, 1.807) is 0 Å². The Balaban J connectivity index is 0.000000224. The average molecular weight is 339 g/mol. The van der Waals surface area contributed by atoms with Crippen molar-refractivity contribution in [2.75, 3.05) is 39.3 Å². The highest BCUT2D eigenvalue weighted by Crippen LogP contribution is 2.25. The summed E-state index contributed by atoms with van der Waals surface area (Å²) in [6, 6.07) is 0.300. The third kappa shape index (κ3) is 5.52. The summed E-state index contributed by atoms with van der Waals surface area (Å²) in [5.74, 6) is -1.13. The quantitative estimate of drug-likeness (QED) is 0.630. The maximum atomic E-state index is 12.3. The van der Waals surface area contributed by atoms with E-state index in [0.29, 0.717) is 30.0 Å². The second-order valence-electron chi connectivity index (χ2n) is 6.52. The lowest BCUT2D eigenvalue weighted by Crippen LogP contribution is -2.55. The number of carboxylic acids is 2. The van der Waals surface area contributed by atoms with Crippen LogP contribution in [-0.2, 0) is 9.59 Å². The number of carbonyl (C=O) groups is 3. The molecule has 0 unspecified atom stereocenters. The van der Waals surface area contributed by atoms with E-state index in [4.69, 9.17) is 10.2 Å². The van der Waals surface area contributed by atoms with Gasteiger partial charge in [0.15, 0.2) is 0 Å². The SMILES string of the molecule is O=C(N1CCCC1)N1C[C@@H]2CNC[C@@H](C2)C1.O=C(O)/C=C/C(=O)O. The summed E-state index contributed by atoms with van der Waals surface area (Å²) in [6.45, 7) is 6.09. The topological polar surface area (TPSA) is 110 Å². The Morgan fingerprint density at radius 2 is 1.38 bits per heavy atom. The number of hydrogen-bond acceptors (Lipinski definition) is 4. The van der Waals surface area contributed by atoms with Crippen molar-refractivity contribution in [1.82, 2.24) is 15.1 Å². The molecule has 24 heavy (non-hydrogen) atoms. The number of aliphatic carboxylic acids is 2. The van der Waals surface area contributed by atoms with Crippen molar-refractivity contribution < 1.29 is 24.6 Å². The molecule has 0 aliphatic carbocycles. The number of rotatable bonds is 2. The minimum atomic E-state index is -1.26. The van der Waals surface area contributed by atoms with Gasteiger partial charge in [0.1, 0.15) is 0 Å². The molecule has 134 valence electrons. The summed E-state index contributed by atoms with van der Waals surface area (Å²) < 4.78 is 0. The van der Waals surface area contributed by atoms with E-state index in [0.717, 1.165) is 39.3 Å². The van der Waals surface area contributed by atoms with Gasteiger partial charge in [-0.2, -0.15) is 0 Å². The third-order valence-corrected chi connectivity index (χ3v) is 4.51. The van der Waals surface area contributed by atoms with Gasteiger partial charge in [0.25, 0.3) is 0 Å². The van der Waals surface area contributed by atoms with Gasteiger partial charge in [-0.25, -0.2) is 14.4 Å². The Labute approximate surface area is 141 Å². The molecule has 3 N–H and O–H groups in total. The molecule has 0 saturated carbocycles. The van der Waals surface area contributed by atoms with Crippen LogP contribution < -0.4 is 5.32 Å². The van der Waals surface area contributed by atoms with Crippen molar-refractivity contribution in [3.05, 3.63) is 12.2 Å². The van der Waals surface area contributed by atoms with Crippen LogP contribution in [0, 0.1) is 11.8 Å². The minimum absolute atomic E-state index is 0.300. The zero-order chi connectivity index (χ0) is 17.5. The van der Waals surface area contributed by atoms with E-state index in [2.05, 4.69) is 10.2 Å². The van der Waals surface area contributed by atoms with Crippen LogP contribution in [0.25, 0.3) is 0 Å². The summed E-state index contributed by atoms with van der Waals surface area (Å²) in [4.78, 5) is 35.5. The molecule has 8 heteroatoms. The van der Waals surface area contributed by atoms with Gasteiger partial charge in [-0.3, -0.25) is 0 Å². The zero-order valence-corrected chi connectivity index (χ0v) is 13.7. The summed E-state index contributed by atoms with van der Waals surface area (Å²) in [6.07, 6.45) is 4.81. The predicted octanol–water partition coefficient (Wildman–Crippen LogP) is 0.455. The molecule has 8 nitrogen and oxygen atoms in total. The van der Waals surface area contributed by atoms with Gasteiger partial charge in [-0.1, -0.05) is 0 Å². The van der Waals surface area contributed by atoms with Crippen LogP contribution in [0.4, 0.5) is 4.79 Å². The first kappa shape index (κ1) is 18.3. The van der Waals surface area contributed by atoms with Crippen molar-refractivity contribution >= 4 is 18.0 Å². The van der Waals surface area contributed by atoms with Crippen molar-refractivity contribution in [3.63, 3.8) is 0 Å². The van der Waals surface area contributed by atoms with E-state index in [9.17, 15) is 14.4 Å². The summed E-state index contributed by atoms with van der Waals surface area (Å²) in [7, 11) is 0. The molecule has 3 fully saturated rings. The summed E-state index contributed by atoms with van der Waals surface area (Å²) >= 11 is 0. The van der Waals surface area contributed by atoms with Crippen LogP contribution in [0.3, 0.4) is 0 Å². The molecule has 0 aromatic rings. The Morgan fingerprint density at radius 3 is 1.83 bits per heavy atom. The lowest BCUT2D eigenvalue weighted by molar-refractivity contribution is -0.134. The Bertz CT molecular complexity index is 474. The molecule has 2 amide bonds. The molecule has 0 aromatic heterocycles. The fourth-order valence-corrected chi connectivity index (χ4v) is 3.51. The molecular weight excluding hydrogens is 314 g/mol. The third-order valence-electron chi connectivity index (χ3n) is 4.51. The first-order chi connectivity index (χ1) is 11.5. The Hall–Kier alpha value is -2.09. The number of fused-ring (bicyclic) bond motifs is 2. The predicted molar refractivity (Wildman–Crippen MR) is 86.7 cm³/mol. The molecule has 3 saturated heterocycles. The van der Waals surface area contributed by atoms with Crippen molar-refractivity contribution in [2.45, 2.75) is 19.3 Å². The molecule has 0 radical (unpaired) electrons. The smallest absolute Gasteiger partial charge is 0.328 e. The molecule has 3 heterocycles. The van der Waals surface area contributed by atoms with Gasteiger partial charge < -0.3 is 25.3 Å². The number of likely N-dealkylation sites (tertiary alicyclic amines) is 2. The largest absolute Gasteiger partial charge is 0.478 e. The molecule has 3 rings (SSSR count). The second-order valence-corrected chi connectivity index (χ2v) is 6.52. The first-order valence-electron chi connectivity index (χ1n) is 8.34. The van der Waals surface area contributed by atoms with E-state index in [1.165, 1.54) is 19.3 Å². The molecule has 2 bridgehead atoms. The summed E-state index contributed by atoms with van der Waals surface area (Å²) in [5.41, 5.74) is 0. The fraction of sp³-hybridized carbons (Fsp3) is 0.688. The van der Waals surface area contributed by atoms with Crippen LogP contribution in [-0.4, -0.2) is 77.3 Å². The number of amides is 2. The average Bonchev–Trinajstić information content (AvgIpc) is 3.07. The maximum Gasteiger partial charge on any atom is 0.328 e. The highest BCUT2D eigenvalue weighted by atomic mass is 16.4.